The zero-order valence-corrected chi connectivity index (χ0v) is 10.6. The van der Waals surface area contributed by atoms with E-state index in [-0.39, 0.29) is 31.7 Å². The van der Waals surface area contributed by atoms with Crippen LogP contribution in [0, 0.1) is 5.92 Å². The highest BCUT2D eigenvalue weighted by Gasteiger charge is 2.34. The van der Waals surface area contributed by atoms with Crippen LogP contribution in [0.2, 0.25) is 0 Å². The number of nitrogens with two attached hydrogens (primary N) is 1. The largest absolute Gasteiger partial charge is 0.480 e. The van der Waals surface area contributed by atoms with Crippen LogP contribution in [0.1, 0.15) is 19.3 Å². The molecule has 8 heteroatoms. The number of carboxylic acids is 1. The highest BCUT2D eigenvalue weighted by molar-refractivity contribution is 5.91. The Morgan fingerprint density at radius 2 is 2.16 bits per heavy atom. The minimum atomic E-state index is -1.23. The second-order valence-electron chi connectivity index (χ2n) is 4.58. The first-order valence-corrected chi connectivity index (χ1v) is 5.86. The molecule has 1 rings (SSSR count). The van der Waals surface area contributed by atoms with E-state index in [1.807, 2.05) is 0 Å². The van der Waals surface area contributed by atoms with E-state index in [4.69, 9.17) is 10.8 Å². The summed E-state index contributed by atoms with van der Waals surface area (Å²) in [6.07, 6.45) is -0.113. The van der Waals surface area contributed by atoms with Gasteiger partial charge in [0.15, 0.2) is 0 Å². The highest BCUT2D eigenvalue weighted by Crippen LogP contribution is 2.16. The van der Waals surface area contributed by atoms with E-state index in [0.717, 1.165) is 0 Å². The molecule has 4 N–H and O–H groups in total. The van der Waals surface area contributed by atoms with Crippen molar-refractivity contribution >= 4 is 23.7 Å². The van der Waals surface area contributed by atoms with Crippen LogP contribution in [0.3, 0.4) is 0 Å². The minimum absolute atomic E-state index is 0.0626. The van der Waals surface area contributed by atoms with Crippen molar-refractivity contribution in [2.45, 2.75) is 25.3 Å². The first kappa shape index (κ1) is 14.9. The Morgan fingerprint density at radius 3 is 2.58 bits per heavy atom. The lowest BCUT2D eigenvalue weighted by Gasteiger charge is -2.16. The van der Waals surface area contributed by atoms with E-state index in [0.29, 0.717) is 0 Å². The monoisotopic (exact) mass is 271 g/mol. The Hall–Kier alpha value is -2.12. The van der Waals surface area contributed by atoms with Crippen molar-refractivity contribution < 1.29 is 24.3 Å². The maximum atomic E-state index is 11.8. The van der Waals surface area contributed by atoms with Gasteiger partial charge in [0.25, 0.3) is 0 Å². The molecule has 0 radical (unpaired) electrons. The van der Waals surface area contributed by atoms with Crippen molar-refractivity contribution in [2.24, 2.45) is 11.7 Å². The fraction of sp³-hybridized carbons (Fsp3) is 0.636. The van der Waals surface area contributed by atoms with E-state index < -0.39 is 29.7 Å². The molecule has 1 unspecified atom stereocenters. The van der Waals surface area contributed by atoms with Gasteiger partial charge in [0.1, 0.15) is 6.04 Å². The van der Waals surface area contributed by atoms with Gasteiger partial charge >= 0.3 is 5.97 Å². The molecule has 0 saturated carbocycles. The molecule has 0 bridgehead atoms. The third-order valence-corrected chi connectivity index (χ3v) is 3.01. The SMILES string of the molecule is CN1CC(C(=O)N[C@@H](CCC(N)=O)C(=O)O)CC1=O. The molecule has 2 atom stereocenters. The van der Waals surface area contributed by atoms with Crippen molar-refractivity contribution in [3.63, 3.8) is 0 Å². The predicted molar refractivity (Wildman–Crippen MR) is 63.7 cm³/mol. The average Bonchev–Trinajstić information content (AvgIpc) is 2.64. The summed E-state index contributed by atoms with van der Waals surface area (Å²) in [6.45, 7) is 0.271. The van der Waals surface area contributed by atoms with Crippen LogP contribution in [0.25, 0.3) is 0 Å². The predicted octanol–water partition coefficient (Wildman–Crippen LogP) is -1.70. The van der Waals surface area contributed by atoms with Crippen molar-refractivity contribution in [2.75, 3.05) is 13.6 Å². The van der Waals surface area contributed by atoms with Crippen LogP contribution in [0.5, 0.6) is 0 Å². The Balaban J connectivity index is 2.54. The van der Waals surface area contributed by atoms with Gasteiger partial charge in [-0.15, -0.1) is 0 Å². The summed E-state index contributed by atoms with van der Waals surface area (Å²) in [5, 5.41) is 11.3. The molecule has 8 nitrogen and oxygen atoms in total. The number of hydrogen-bond acceptors (Lipinski definition) is 4. The number of nitrogens with one attached hydrogen (secondary N) is 1. The molecular weight excluding hydrogens is 254 g/mol. The zero-order valence-electron chi connectivity index (χ0n) is 10.6. The van der Waals surface area contributed by atoms with Gasteiger partial charge in [0.2, 0.25) is 17.7 Å². The lowest BCUT2D eigenvalue weighted by atomic mass is 10.1. The summed E-state index contributed by atoms with van der Waals surface area (Å²) >= 11 is 0. The molecule has 3 amide bonds. The Labute approximate surface area is 109 Å². The van der Waals surface area contributed by atoms with E-state index in [1.54, 1.807) is 7.05 Å². The molecular formula is C11H17N3O5. The van der Waals surface area contributed by atoms with Crippen LogP contribution < -0.4 is 11.1 Å². The maximum Gasteiger partial charge on any atom is 0.326 e. The van der Waals surface area contributed by atoms with Crippen LogP contribution in [0.15, 0.2) is 0 Å². The second-order valence-corrected chi connectivity index (χ2v) is 4.58. The molecule has 1 heterocycles. The quantitative estimate of drug-likeness (QED) is 0.530. The normalized spacial score (nSPS) is 20.2. The number of primary amides is 1. The molecule has 0 spiro atoms. The van der Waals surface area contributed by atoms with Crippen LogP contribution >= 0.6 is 0 Å². The molecule has 0 aromatic carbocycles. The van der Waals surface area contributed by atoms with Crippen molar-refractivity contribution in [1.82, 2.24) is 10.2 Å². The third kappa shape index (κ3) is 4.23. The number of rotatable bonds is 6. The maximum absolute atomic E-state index is 11.8. The first-order chi connectivity index (χ1) is 8.81. The number of amides is 3. The lowest BCUT2D eigenvalue weighted by molar-refractivity contribution is -0.142. The molecule has 0 aromatic heterocycles. The molecule has 1 aliphatic rings. The fourth-order valence-corrected chi connectivity index (χ4v) is 1.87. The van der Waals surface area contributed by atoms with Crippen LogP contribution in [-0.2, 0) is 19.2 Å². The van der Waals surface area contributed by atoms with Gasteiger partial charge in [-0.1, -0.05) is 0 Å². The molecule has 0 aliphatic carbocycles. The number of carbonyl (C=O) groups excluding carboxylic acids is 3. The standard InChI is InChI=1S/C11H17N3O5/c1-14-5-6(4-9(14)16)10(17)13-7(11(18)19)2-3-8(12)15/h6-7H,2-5H2,1H3,(H2,12,15)(H,13,17)(H,18,19)/t6?,7-/m0/s1. The Bertz CT molecular complexity index is 409. The smallest absolute Gasteiger partial charge is 0.326 e. The summed E-state index contributed by atoms with van der Waals surface area (Å²) in [5.41, 5.74) is 4.93. The molecule has 0 aromatic rings. The minimum Gasteiger partial charge on any atom is -0.480 e. The number of carboxylic acid groups (broad SMARTS) is 1. The van der Waals surface area contributed by atoms with Gasteiger partial charge in [0, 0.05) is 26.4 Å². The summed E-state index contributed by atoms with van der Waals surface area (Å²) in [6, 6.07) is -1.17. The number of likely N-dealkylation sites (tertiary alicyclic amines) is 1. The summed E-state index contributed by atoms with van der Waals surface area (Å²) in [7, 11) is 1.58. The average molecular weight is 271 g/mol. The number of carbonyl (C=O) groups is 4. The second kappa shape index (κ2) is 6.17. The summed E-state index contributed by atoms with van der Waals surface area (Å²) in [4.78, 5) is 46.1. The number of aliphatic carboxylic acids is 1. The van der Waals surface area contributed by atoms with Crippen molar-refractivity contribution in [1.29, 1.82) is 0 Å². The number of hydrogen-bond donors (Lipinski definition) is 3. The van der Waals surface area contributed by atoms with Gasteiger partial charge in [-0.05, 0) is 6.42 Å². The molecule has 1 fully saturated rings. The first-order valence-electron chi connectivity index (χ1n) is 5.86. The van der Waals surface area contributed by atoms with Gasteiger partial charge in [-0.2, -0.15) is 0 Å². The van der Waals surface area contributed by atoms with Crippen LogP contribution in [0.4, 0.5) is 0 Å². The van der Waals surface area contributed by atoms with E-state index in [2.05, 4.69) is 5.32 Å². The summed E-state index contributed by atoms with van der Waals surface area (Å²) in [5.74, 6) is -3.05. The topological polar surface area (TPSA) is 130 Å². The van der Waals surface area contributed by atoms with Gasteiger partial charge in [-0.25, -0.2) is 4.79 Å². The van der Waals surface area contributed by atoms with E-state index >= 15 is 0 Å². The highest BCUT2D eigenvalue weighted by atomic mass is 16.4. The van der Waals surface area contributed by atoms with Gasteiger partial charge in [-0.3, -0.25) is 14.4 Å². The fourth-order valence-electron chi connectivity index (χ4n) is 1.87. The lowest BCUT2D eigenvalue weighted by Crippen LogP contribution is -2.44. The molecule has 1 saturated heterocycles. The van der Waals surface area contributed by atoms with Crippen LogP contribution in [-0.4, -0.2) is 53.3 Å². The summed E-state index contributed by atoms with van der Waals surface area (Å²) < 4.78 is 0. The van der Waals surface area contributed by atoms with E-state index in [1.165, 1.54) is 4.90 Å². The zero-order chi connectivity index (χ0) is 14.6. The van der Waals surface area contributed by atoms with E-state index in [9.17, 15) is 19.2 Å². The van der Waals surface area contributed by atoms with Crippen molar-refractivity contribution in [3.05, 3.63) is 0 Å². The third-order valence-electron chi connectivity index (χ3n) is 3.01. The Morgan fingerprint density at radius 1 is 1.53 bits per heavy atom. The van der Waals surface area contributed by atoms with Gasteiger partial charge < -0.3 is 21.1 Å². The molecule has 19 heavy (non-hydrogen) atoms. The molecule has 106 valence electrons. The van der Waals surface area contributed by atoms with Gasteiger partial charge in [0.05, 0.1) is 5.92 Å². The molecule has 1 aliphatic heterocycles. The van der Waals surface area contributed by atoms with Crippen molar-refractivity contribution in [3.8, 4) is 0 Å². The number of nitrogens with zero attached hydrogens (tertiary/aromatic N) is 1. The Kier molecular flexibility index (Phi) is 4.85.